The summed E-state index contributed by atoms with van der Waals surface area (Å²) in [7, 11) is 4.13. The fraction of sp³-hybridized carbons (Fsp3) is 0.609. The molecule has 2 heterocycles. The average molecular weight is 412 g/mol. The van der Waals surface area contributed by atoms with Gasteiger partial charge in [-0.05, 0) is 39.3 Å². The monoisotopic (exact) mass is 411 g/mol. The second-order valence-corrected chi connectivity index (χ2v) is 9.43. The van der Waals surface area contributed by atoms with Crippen molar-refractivity contribution < 1.29 is 0 Å². The highest BCUT2D eigenvalue weighted by Crippen LogP contribution is 2.46. The highest BCUT2D eigenvalue weighted by atomic mass is 15.4. The molecule has 0 amide bonds. The Morgan fingerprint density at radius 2 is 1.87 bits per heavy atom. The molecular formula is C23H37N7. The highest BCUT2D eigenvalue weighted by Gasteiger charge is 2.53. The van der Waals surface area contributed by atoms with Gasteiger partial charge in [0.25, 0.3) is 0 Å². The van der Waals surface area contributed by atoms with Crippen molar-refractivity contribution in [1.29, 1.82) is 0 Å². The smallest absolute Gasteiger partial charge is 0.194 e. The number of aliphatic imine (C=N–C) groups is 1. The normalized spacial score (nSPS) is 17.6. The molecule has 0 saturated carbocycles. The second kappa shape index (κ2) is 8.66. The topological polar surface area (TPSA) is 61.6 Å². The zero-order chi connectivity index (χ0) is 21.9. The molecule has 1 N–H and O–H groups in total. The lowest BCUT2D eigenvalue weighted by atomic mass is 9.65. The van der Waals surface area contributed by atoms with Gasteiger partial charge in [0.05, 0.1) is 0 Å². The molecule has 1 aromatic carbocycles. The Morgan fingerprint density at radius 3 is 2.43 bits per heavy atom. The summed E-state index contributed by atoms with van der Waals surface area (Å²) >= 11 is 0. The number of rotatable bonds is 7. The minimum atomic E-state index is 0.0511. The molecule has 7 nitrogen and oxygen atoms in total. The van der Waals surface area contributed by atoms with Crippen LogP contribution in [0.15, 0.2) is 35.3 Å². The summed E-state index contributed by atoms with van der Waals surface area (Å²) in [4.78, 5) is 9.60. The van der Waals surface area contributed by atoms with Crippen molar-refractivity contribution in [2.75, 3.05) is 31.6 Å². The van der Waals surface area contributed by atoms with Gasteiger partial charge in [-0.1, -0.05) is 32.0 Å². The van der Waals surface area contributed by atoms with E-state index in [1.807, 2.05) is 18.5 Å². The van der Waals surface area contributed by atoms with Crippen LogP contribution >= 0.6 is 0 Å². The van der Waals surface area contributed by atoms with Gasteiger partial charge in [0.15, 0.2) is 11.8 Å². The molecule has 0 bridgehead atoms. The maximum absolute atomic E-state index is 4.92. The van der Waals surface area contributed by atoms with Gasteiger partial charge < -0.3 is 19.7 Å². The summed E-state index contributed by atoms with van der Waals surface area (Å²) in [5, 5.41) is 12.0. The number of likely N-dealkylation sites (tertiary alicyclic amines) is 1. The molecule has 1 aliphatic heterocycles. The number of guanidine groups is 1. The molecule has 0 radical (unpaired) electrons. The average Bonchev–Trinajstić information content (AvgIpc) is 3.04. The number of anilines is 1. The maximum Gasteiger partial charge on any atom is 0.194 e. The van der Waals surface area contributed by atoms with Gasteiger partial charge in [0, 0.05) is 50.4 Å². The van der Waals surface area contributed by atoms with Crippen molar-refractivity contribution in [1.82, 2.24) is 25.0 Å². The molecular weight excluding hydrogens is 374 g/mol. The fourth-order valence-electron chi connectivity index (χ4n) is 3.70. The van der Waals surface area contributed by atoms with Gasteiger partial charge in [-0.15, -0.1) is 10.2 Å². The van der Waals surface area contributed by atoms with Crippen LogP contribution in [0.5, 0.6) is 0 Å². The molecule has 1 aromatic heterocycles. The number of aromatic nitrogens is 3. The lowest BCUT2D eigenvalue weighted by molar-refractivity contribution is -0.0668. The van der Waals surface area contributed by atoms with Crippen molar-refractivity contribution in [3.63, 3.8) is 0 Å². The van der Waals surface area contributed by atoms with Crippen molar-refractivity contribution in [3.8, 4) is 0 Å². The van der Waals surface area contributed by atoms with Crippen molar-refractivity contribution >= 4 is 11.6 Å². The first-order chi connectivity index (χ1) is 14.1. The number of para-hydroxylation sites is 1. The van der Waals surface area contributed by atoms with Gasteiger partial charge in [0.2, 0.25) is 0 Å². The zero-order valence-electron chi connectivity index (χ0n) is 19.6. The van der Waals surface area contributed by atoms with Gasteiger partial charge in [-0.3, -0.25) is 0 Å². The molecule has 2 aromatic rings. The summed E-state index contributed by atoms with van der Waals surface area (Å²) in [6.45, 7) is 14.6. The van der Waals surface area contributed by atoms with E-state index in [-0.39, 0.29) is 11.0 Å². The van der Waals surface area contributed by atoms with Crippen molar-refractivity contribution in [3.05, 3.63) is 42.0 Å². The first-order valence-electron chi connectivity index (χ1n) is 10.8. The lowest BCUT2D eigenvalue weighted by Gasteiger charge is -2.62. The lowest BCUT2D eigenvalue weighted by Crippen LogP contribution is -2.72. The van der Waals surface area contributed by atoms with Gasteiger partial charge in [0.1, 0.15) is 12.4 Å². The summed E-state index contributed by atoms with van der Waals surface area (Å²) in [5.41, 5.74) is 1.55. The van der Waals surface area contributed by atoms with Gasteiger partial charge in [-0.25, -0.2) is 4.99 Å². The molecule has 7 heteroatoms. The van der Waals surface area contributed by atoms with Crippen LogP contribution in [0.2, 0.25) is 0 Å². The largest absolute Gasteiger partial charge is 0.375 e. The Hall–Kier alpha value is -2.57. The van der Waals surface area contributed by atoms with E-state index in [0.717, 1.165) is 43.7 Å². The quantitative estimate of drug-likeness (QED) is 0.431. The van der Waals surface area contributed by atoms with E-state index in [1.165, 1.54) is 5.69 Å². The van der Waals surface area contributed by atoms with Gasteiger partial charge in [-0.2, -0.15) is 0 Å². The van der Waals surface area contributed by atoms with Crippen LogP contribution in [0.3, 0.4) is 0 Å². The van der Waals surface area contributed by atoms with Crippen LogP contribution in [0, 0.1) is 12.3 Å². The molecule has 1 saturated heterocycles. The summed E-state index contributed by atoms with van der Waals surface area (Å²) in [6.07, 6.45) is 1.03. The minimum Gasteiger partial charge on any atom is -0.375 e. The summed E-state index contributed by atoms with van der Waals surface area (Å²) in [6, 6.07) is 10.5. The van der Waals surface area contributed by atoms with Crippen LogP contribution in [-0.2, 0) is 13.6 Å². The van der Waals surface area contributed by atoms with E-state index in [0.29, 0.717) is 6.54 Å². The molecule has 0 aliphatic carbocycles. The third-order valence-corrected chi connectivity index (χ3v) is 6.84. The van der Waals surface area contributed by atoms with Crippen molar-refractivity contribution in [2.45, 2.75) is 53.1 Å². The number of nitrogens with one attached hydrogen (secondary N) is 1. The van der Waals surface area contributed by atoms with Crippen LogP contribution in [-0.4, -0.2) is 57.8 Å². The van der Waals surface area contributed by atoms with Gasteiger partial charge >= 0.3 is 0 Å². The third kappa shape index (κ3) is 4.45. The number of nitrogens with zero attached hydrogens (tertiary/aromatic N) is 6. The number of benzene rings is 1. The van der Waals surface area contributed by atoms with Crippen LogP contribution in [0.4, 0.5) is 5.69 Å². The number of hydrogen-bond donors (Lipinski definition) is 1. The Labute approximate surface area is 181 Å². The maximum atomic E-state index is 4.92. The van der Waals surface area contributed by atoms with Crippen LogP contribution in [0.25, 0.3) is 0 Å². The first kappa shape index (κ1) is 22.1. The van der Waals surface area contributed by atoms with E-state index in [9.17, 15) is 0 Å². The zero-order valence-corrected chi connectivity index (χ0v) is 19.6. The summed E-state index contributed by atoms with van der Waals surface area (Å²) in [5.74, 6) is 2.75. The molecule has 3 rings (SSSR count). The standard InChI is InChI=1S/C23H37N7/c1-18-26-27-20(29(18)7)16-25-21(30-17-22(2,3)23(30,4)5)24-14-11-15-28(6)19-12-9-8-10-13-19/h8-10,12-13H,11,14-17H2,1-7H3,(H,24,25). The van der Waals surface area contributed by atoms with E-state index in [1.54, 1.807) is 0 Å². The van der Waals surface area contributed by atoms with E-state index >= 15 is 0 Å². The molecule has 1 aliphatic rings. The summed E-state index contributed by atoms with van der Waals surface area (Å²) < 4.78 is 2.00. The Bertz CT molecular complexity index is 867. The van der Waals surface area contributed by atoms with Crippen molar-refractivity contribution in [2.24, 2.45) is 17.5 Å². The van der Waals surface area contributed by atoms with E-state index in [2.05, 4.69) is 90.4 Å². The Kier molecular flexibility index (Phi) is 6.38. The Morgan fingerprint density at radius 1 is 1.17 bits per heavy atom. The third-order valence-electron chi connectivity index (χ3n) is 6.84. The molecule has 1 fully saturated rings. The molecule has 0 atom stereocenters. The van der Waals surface area contributed by atoms with E-state index < -0.39 is 0 Å². The predicted octanol–water partition coefficient (Wildman–Crippen LogP) is 3.22. The highest BCUT2D eigenvalue weighted by molar-refractivity contribution is 5.82. The SMILES string of the molecule is Cc1nnc(CN=C(NCCCN(C)c2ccccc2)N2CC(C)(C)C2(C)C)n1C. The second-order valence-electron chi connectivity index (χ2n) is 9.43. The predicted molar refractivity (Wildman–Crippen MR) is 124 cm³/mol. The van der Waals surface area contributed by atoms with Crippen LogP contribution < -0.4 is 10.2 Å². The molecule has 30 heavy (non-hydrogen) atoms. The molecule has 0 unspecified atom stereocenters. The van der Waals surface area contributed by atoms with E-state index in [4.69, 9.17) is 4.99 Å². The fourth-order valence-corrected chi connectivity index (χ4v) is 3.70. The van der Waals surface area contributed by atoms with Crippen LogP contribution in [0.1, 0.15) is 45.8 Å². The minimum absolute atomic E-state index is 0.0511. The molecule has 0 spiro atoms. The number of aryl methyl sites for hydroxylation is 1. The Balaban J connectivity index is 1.63. The number of hydrogen-bond acceptors (Lipinski definition) is 4. The molecule has 164 valence electrons. The first-order valence-corrected chi connectivity index (χ1v) is 10.8.